The molecular formula is C10H21NO3S. The molecule has 0 spiro atoms. The van der Waals surface area contributed by atoms with E-state index in [4.69, 9.17) is 5.11 Å². The molecule has 1 N–H and O–H groups in total. The van der Waals surface area contributed by atoms with Gasteiger partial charge < -0.3 is 10.0 Å². The van der Waals surface area contributed by atoms with Gasteiger partial charge >= 0.3 is 0 Å². The summed E-state index contributed by atoms with van der Waals surface area (Å²) in [6.07, 6.45) is 2.25. The number of rotatable bonds is 4. The van der Waals surface area contributed by atoms with Gasteiger partial charge in [0.1, 0.15) is 0 Å². The molecule has 0 bridgehead atoms. The monoisotopic (exact) mass is 235 g/mol. The van der Waals surface area contributed by atoms with E-state index in [1.807, 2.05) is 0 Å². The van der Waals surface area contributed by atoms with Gasteiger partial charge in [-0.1, -0.05) is 0 Å². The summed E-state index contributed by atoms with van der Waals surface area (Å²) in [4.78, 5) is 2.13. The van der Waals surface area contributed by atoms with Gasteiger partial charge in [-0.05, 0) is 32.7 Å². The largest absolute Gasteiger partial charge is 0.396 e. The van der Waals surface area contributed by atoms with Gasteiger partial charge in [0.2, 0.25) is 0 Å². The molecule has 5 heteroatoms. The molecule has 1 rings (SSSR count). The number of sulfone groups is 1. The number of likely N-dealkylation sites (tertiary alicyclic amines) is 1. The molecule has 0 amide bonds. The Morgan fingerprint density at radius 2 is 2.07 bits per heavy atom. The molecule has 1 saturated heterocycles. The Balaban J connectivity index is 2.57. The van der Waals surface area contributed by atoms with Gasteiger partial charge in [-0.2, -0.15) is 0 Å². The van der Waals surface area contributed by atoms with Gasteiger partial charge in [0.05, 0.1) is 4.75 Å². The number of nitrogens with zero attached hydrogens (tertiary/aromatic N) is 1. The Morgan fingerprint density at radius 3 is 2.47 bits per heavy atom. The van der Waals surface area contributed by atoms with Crippen molar-refractivity contribution in [2.45, 2.75) is 25.0 Å². The fourth-order valence-corrected chi connectivity index (χ4v) is 2.28. The average molecular weight is 235 g/mol. The third kappa shape index (κ3) is 3.16. The van der Waals surface area contributed by atoms with E-state index in [0.717, 1.165) is 19.5 Å². The second kappa shape index (κ2) is 4.39. The minimum absolute atomic E-state index is 0.204. The van der Waals surface area contributed by atoms with Crippen molar-refractivity contribution in [3.63, 3.8) is 0 Å². The van der Waals surface area contributed by atoms with Gasteiger partial charge in [0.25, 0.3) is 0 Å². The van der Waals surface area contributed by atoms with Crippen LogP contribution in [0.5, 0.6) is 0 Å². The lowest BCUT2D eigenvalue weighted by molar-refractivity contribution is 0.218. The topological polar surface area (TPSA) is 57.6 Å². The average Bonchev–Trinajstić information content (AvgIpc) is 2.49. The van der Waals surface area contributed by atoms with Crippen LogP contribution in [0, 0.1) is 5.92 Å². The molecule has 1 aliphatic rings. The van der Waals surface area contributed by atoms with Crippen molar-refractivity contribution in [1.82, 2.24) is 4.90 Å². The zero-order valence-corrected chi connectivity index (χ0v) is 10.5. The van der Waals surface area contributed by atoms with Gasteiger partial charge in [-0.3, -0.25) is 0 Å². The Morgan fingerprint density at radius 1 is 1.47 bits per heavy atom. The van der Waals surface area contributed by atoms with E-state index in [2.05, 4.69) is 4.90 Å². The van der Waals surface area contributed by atoms with Crippen molar-refractivity contribution < 1.29 is 13.5 Å². The third-order valence-electron chi connectivity index (χ3n) is 3.24. The van der Waals surface area contributed by atoms with Gasteiger partial charge in [0, 0.05) is 26.0 Å². The van der Waals surface area contributed by atoms with Crippen molar-refractivity contribution in [3.05, 3.63) is 0 Å². The maximum absolute atomic E-state index is 11.5. The molecule has 1 aliphatic heterocycles. The normalized spacial score (nSPS) is 24.7. The van der Waals surface area contributed by atoms with E-state index < -0.39 is 14.6 Å². The summed E-state index contributed by atoms with van der Waals surface area (Å²) in [7, 11) is -3.02. The van der Waals surface area contributed by atoms with Crippen LogP contribution in [-0.4, -0.2) is 55.7 Å². The highest BCUT2D eigenvalue weighted by Crippen LogP contribution is 2.22. The molecule has 4 nitrogen and oxygen atoms in total. The molecule has 90 valence electrons. The third-order valence-corrected chi connectivity index (χ3v) is 5.37. The fourth-order valence-electron chi connectivity index (χ4n) is 1.86. The number of aliphatic hydroxyl groups is 1. The molecule has 0 aromatic carbocycles. The highest BCUT2D eigenvalue weighted by atomic mass is 32.2. The first kappa shape index (κ1) is 12.9. The standard InChI is InChI=1S/C10H21NO3S/c1-10(2,15(3,13)14)8-11-5-4-9(6-11)7-12/h9,12H,4-8H2,1-3H3. The molecule has 0 saturated carbocycles. The molecule has 1 heterocycles. The van der Waals surface area contributed by atoms with Crippen LogP contribution in [0.25, 0.3) is 0 Å². The van der Waals surface area contributed by atoms with E-state index in [9.17, 15) is 8.42 Å². The van der Waals surface area contributed by atoms with Crippen LogP contribution in [0.1, 0.15) is 20.3 Å². The SMILES string of the molecule is CC(C)(CN1CCC(CO)C1)S(C)(=O)=O. The second-order valence-electron chi connectivity index (χ2n) is 5.10. The van der Waals surface area contributed by atoms with Crippen LogP contribution in [0.3, 0.4) is 0 Å². The Labute approximate surface area is 92.2 Å². The van der Waals surface area contributed by atoms with Gasteiger partial charge in [-0.15, -0.1) is 0 Å². The van der Waals surface area contributed by atoms with Crippen molar-refractivity contribution in [1.29, 1.82) is 0 Å². The van der Waals surface area contributed by atoms with Crippen LogP contribution in [0.15, 0.2) is 0 Å². The number of hydrogen-bond acceptors (Lipinski definition) is 4. The van der Waals surface area contributed by atoms with E-state index in [0.29, 0.717) is 12.5 Å². The van der Waals surface area contributed by atoms with Crippen molar-refractivity contribution in [2.24, 2.45) is 5.92 Å². The lowest BCUT2D eigenvalue weighted by atomic mass is 10.1. The highest BCUT2D eigenvalue weighted by molar-refractivity contribution is 7.92. The summed E-state index contributed by atoms with van der Waals surface area (Å²) in [5.74, 6) is 0.320. The van der Waals surface area contributed by atoms with Crippen LogP contribution in [0.4, 0.5) is 0 Å². The van der Waals surface area contributed by atoms with Crippen LogP contribution in [0.2, 0.25) is 0 Å². The smallest absolute Gasteiger partial charge is 0.153 e. The van der Waals surface area contributed by atoms with Crippen LogP contribution < -0.4 is 0 Å². The molecule has 15 heavy (non-hydrogen) atoms. The zero-order chi connectivity index (χ0) is 11.7. The van der Waals surface area contributed by atoms with E-state index >= 15 is 0 Å². The molecule has 0 radical (unpaired) electrons. The van der Waals surface area contributed by atoms with E-state index in [1.165, 1.54) is 6.26 Å². The first-order chi connectivity index (χ1) is 6.76. The van der Waals surface area contributed by atoms with Gasteiger partial charge in [0.15, 0.2) is 9.84 Å². The lowest BCUT2D eigenvalue weighted by Gasteiger charge is -2.28. The molecule has 0 aromatic rings. The summed E-state index contributed by atoms with van der Waals surface area (Å²) in [5.41, 5.74) is 0. The highest BCUT2D eigenvalue weighted by Gasteiger charge is 2.34. The molecular weight excluding hydrogens is 214 g/mol. The van der Waals surface area contributed by atoms with Crippen LogP contribution in [-0.2, 0) is 9.84 Å². The Kier molecular flexibility index (Phi) is 3.79. The zero-order valence-electron chi connectivity index (χ0n) is 9.73. The van der Waals surface area contributed by atoms with Crippen molar-refractivity contribution in [3.8, 4) is 0 Å². The summed E-state index contributed by atoms with van der Waals surface area (Å²) < 4.78 is 22.3. The second-order valence-corrected chi connectivity index (χ2v) is 7.75. The molecule has 1 fully saturated rings. The summed E-state index contributed by atoms with van der Waals surface area (Å²) in [6.45, 7) is 5.99. The summed E-state index contributed by atoms with van der Waals surface area (Å²) in [6, 6.07) is 0. The quantitative estimate of drug-likeness (QED) is 0.752. The predicted molar refractivity (Wildman–Crippen MR) is 60.6 cm³/mol. The maximum atomic E-state index is 11.5. The maximum Gasteiger partial charge on any atom is 0.153 e. The van der Waals surface area contributed by atoms with E-state index in [1.54, 1.807) is 13.8 Å². The van der Waals surface area contributed by atoms with Crippen molar-refractivity contribution >= 4 is 9.84 Å². The fraction of sp³-hybridized carbons (Fsp3) is 1.00. The van der Waals surface area contributed by atoms with Crippen LogP contribution >= 0.6 is 0 Å². The number of hydrogen-bond donors (Lipinski definition) is 1. The number of aliphatic hydroxyl groups excluding tert-OH is 1. The molecule has 0 aliphatic carbocycles. The summed E-state index contributed by atoms with van der Waals surface area (Å²) in [5, 5.41) is 9.00. The van der Waals surface area contributed by atoms with Crippen molar-refractivity contribution in [2.75, 3.05) is 32.5 Å². The van der Waals surface area contributed by atoms with Gasteiger partial charge in [-0.25, -0.2) is 8.42 Å². The predicted octanol–water partition coefficient (Wildman–Crippen LogP) is 0.124. The minimum Gasteiger partial charge on any atom is -0.396 e. The Bertz CT molecular complexity index is 311. The minimum atomic E-state index is -3.02. The summed E-state index contributed by atoms with van der Waals surface area (Å²) >= 11 is 0. The molecule has 1 atom stereocenters. The first-order valence-electron chi connectivity index (χ1n) is 5.29. The molecule has 0 aromatic heterocycles. The lowest BCUT2D eigenvalue weighted by Crippen LogP contribution is -2.43. The molecule has 1 unspecified atom stereocenters. The van der Waals surface area contributed by atoms with E-state index in [-0.39, 0.29) is 6.61 Å². The first-order valence-corrected chi connectivity index (χ1v) is 7.18. The Hall–Kier alpha value is -0.130.